The van der Waals surface area contributed by atoms with Crippen LogP contribution in [0.25, 0.3) is 0 Å². The van der Waals surface area contributed by atoms with Gasteiger partial charge in [0.15, 0.2) is 12.2 Å². The van der Waals surface area contributed by atoms with Crippen LogP contribution in [-0.2, 0) is 65.4 Å². The lowest BCUT2D eigenvalue weighted by Gasteiger charge is -2.21. The lowest BCUT2D eigenvalue weighted by Crippen LogP contribution is -2.30. The molecule has 0 radical (unpaired) electrons. The molecule has 17 nitrogen and oxygen atoms in total. The van der Waals surface area contributed by atoms with E-state index in [-0.39, 0.29) is 25.7 Å². The molecule has 0 fully saturated rings. The zero-order valence-corrected chi connectivity index (χ0v) is 58.6. The smallest absolute Gasteiger partial charge is 0.462 e. The maximum Gasteiger partial charge on any atom is 0.472 e. The van der Waals surface area contributed by atoms with Crippen LogP contribution in [0.5, 0.6) is 0 Å². The van der Waals surface area contributed by atoms with Gasteiger partial charge in [-0.05, 0) is 31.6 Å². The minimum absolute atomic E-state index is 0.107. The third kappa shape index (κ3) is 61.6. The monoisotopic (exact) mass is 1300 g/mol. The lowest BCUT2D eigenvalue weighted by atomic mass is 9.99. The number of carbonyl (C=O) groups is 4. The van der Waals surface area contributed by atoms with E-state index >= 15 is 0 Å². The summed E-state index contributed by atoms with van der Waals surface area (Å²) in [7, 11) is -9.89. The summed E-state index contributed by atoms with van der Waals surface area (Å²) in [4.78, 5) is 72.4. The zero-order valence-electron chi connectivity index (χ0n) is 56.9. The number of aliphatic hydroxyl groups is 1. The molecule has 0 spiro atoms. The zero-order chi connectivity index (χ0) is 64.9. The molecule has 0 amide bonds. The topological polar surface area (TPSA) is 237 Å². The van der Waals surface area contributed by atoms with E-state index in [9.17, 15) is 43.2 Å². The van der Waals surface area contributed by atoms with Crippen LogP contribution >= 0.6 is 15.6 Å². The van der Waals surface area contributed by atoms with E-state index in [4.69, 9.17) is 37.0 Å². The summed E-state index contributed by atoms with van der Waals surface area (Å²) in [5, 5.41) is 10.6. The summed E-state index contributed by atoms with van der Waals surface area (Å²) in [5.41, 5.74) is 0. The summed E-state index contributed by atoms with van der Waals surface area (Å²) in [6.07, 6.45) is 48.3. The van der Waals surface area contributed by atoms with Crippen LogP contribution in [0.15, 0.2) is 0 Å². The number of unbranched alkanes of at least 4 members (excludes halogenated alkanes) is 40. The molecule has 0 aromatic heterocycles. The Morgan fingerprint density at radius 3 is 0.807 bits per heavy atom. The van der Waals surface area contributed by atoms with Crippen LogP contribution in [0.3, 0.4) is 0 Å². The maximum atomic E-state index is 13.0. The van der Waals surface area contributed by atoms with Gasteiger partial charge in [-0.3, -0.25) is 37.3 Å². The average molecular weight is 1300 g/mol. The first-order valence-electron chi connectivity index (χ1n) is 36.2. The number of phosphoric acid groups is 2. The molecule has 0 aliphatic rings. The van der Waals surface area contributed by atoms with E-state index in [2.05, 4.69) is 34.6 Å². The Kier molecular flexibility index (Phi) is 61.1. The Hall–Kier alpha value is -1.94. The molecule has 0 aliphatic carbocycles. The van der Waals surface area contributed by atoms with E-state index < -0.39 is 97.5 Å². The number of phosphoric ester groups is 2. The third-order valence-corrected chi connectivity index (χ3v) is 18.3. The minimum atomic E-state index is -4.95. The Balaban J connectivity index is 5.24. The molecule has 0 bridgehead atoms. The van der Waals surface area contributed by atoms with Crippen molar-refractivity contribution in [3.63, 3.8) is 0 Å². The van der Waals surface area contributed by atoms with Crippen LogP contribution in [0.2, 0.25) is 0 Å². The molecule has 0 aliphatic heterocycles. The number of carbonyl (C=O) groups excluding carboxylic acids is 4. The highest BCUT2D eigenvalue weighted by atomic mass is 31.2. The molecule has 0 aromatic rings. The highest BCUT2D eigenvalue weighted by Gasteiger charge is 2.30. The average Bonchev–Trinajstić information content (AvgIpc) is 3.56. The number of ether oxygens (including phenoxy) is 4. The first kappa shape index (κ1) is 86.1. The maximum absolute atomic E-state index is 13.0. The lowest BCUT2D eigenvalue weighted by molar-refractivity contribution is -0.161. The van der Waals surface area contributed by atoms with Gasteiger partial charge in [0.25, 0.3) is 0 Å². The molecular weight excluding hydrogens is 1160 g/mol. The van der Waals surface area contributed by atoms with Crippen molar-refractivity contribution in [1.82, 2.24) is 0 Å². The van der Waals surface area contributed by atoms with Crippen molar-refractivity contribution in [2.45, 2.75) is 374 Å². The molecule has 0 saturated heterocycles. The predicted molar refractivity (Wildman–Crippen MR) is 354 cm³/mol. The Morgan fingerprint density at radius 2 is 0.545 bits per heavy atom. The van der Waals surface area contributed by atoms with Gasteiger partial charge in [0, 0.05) is 25.7 Å². The van der Waals surface area contributed by atoms with Gasteiger partial charge in [-0.15, -0.1) is 0 Å². The minimum Gasteiger partial charge on any atom is -0.462 e. The second-order valence-corrected chi connectivity index (χ2v) is 28.1. The van der Waals surface area contributed by atoms with Crippen molar-refractivity contribution < 1.29 is 80.2 Å². The number of hydrogen-bond donors (Lipinski definition) is 3. The Labute approximate surface area is 537 Å². The van der Waals surface area contributed by atoms with Crippen LogP contribution in [0.4, 0.5) is 0 Å². The molecule has 0 heterocycles. The van der Waals surface area contributed by atoms with Gasteiger partial charge in [-0.25, -0.2) is 9.13 Å². The molecule has 6 atom stereocenters. The Morgan fingerprint density at radius 1 is 0.318 bits per heavy atom. The van der Waals surface area contributed by atoms with Gasteiger partial charge in [0.2, 0.25) is 0 Å². The summed E-state index contributed by atoms with van der Waals surface area (Å²) in [6.45, 7) is 7.25. The van der Waals surface area contributed by atoms with Crippen molar-refractivity contribution in [3.8, 4) is 0 Å². The van der Waals surface area contributed by atoms with Gasteiger partial charge < -0.3 is 33.8 Å². The van der Waals surface area contributed by atoms with E-state index in [1.54, 1.807) is 0 Å². The molecule has 0 aromatic carbocycles. The largest absolute Gasteiger partial charge is 0.472 e. The summed E-state index contributed by atoms with van der Waals surface area (Å²) < 4.78 is 68.2. The molecule has 88 heavy (non-hydrogen) atoms. The molecule has 522 valence electrons. The second-order valence-electron chi connectivity index (χ2n) is 25.2. The van der Waals surface area contributed by atoms with Crippen molar-refractivity contribution in [1.29, 1.82) is 0 Å². The van der Waals surface area contributed by atoms with E-state index in [0.29, 0.717) is 25.7 Å². The van der Waals surface area contributed by atoms with Crippen molar-refractivity contribution >= 4 is 39.5 Å². The van der Waals surface area contributed by atoms with Gasteiger partial charge in [-0.1, -0.05) is 304 Å². The fourth-order valence-electron chi connectivity index (χ4n) is 10.4. The number of aliphatic hydroxyl groups excluding tert-OH is 1. The standard InChI is InChI=1S/C69H134O17P2/c1-6-10-13-16-19-22-24-25-26-28-33-38-43-48-53-67(72)80-59-65(86-69(74)55-50-45-40-35-30-29-32-36-41-46-51-62(5)9-4)61-84-88(77,78)82-57-63(70)56-81-87(75,76)83-60-64(58-79-66(71)52-47-42-37-31-21-18-15-12-8-3)85-68(73)54-49-44-39-34-27-23-20-17-14-11-7-2/h62-65,70H,6-61H2,1-5H3,(H,75,76)(H,77,78)/t62?,63-,64+,65+/m0/s1. The van der Waals surface area contributed by atoms with Crippen molar-refractivity contribution in [3.05, 3.63) is 0 Å². The highest BCUT2D eigenvalue weighted by molar-refractivity contribution is 7.47. The summed E-state index contributed by atoms with van der Waals surface area (Å²) in [5.74, 6) is -1.32. The van der Waals surface area contributed by atoms with E-state index in [1.165, 1.54) is 180 Å². The molecular formula is C69H134O17P2. The van der Waals surface area contributed by atoms with Crippen LogP contribution in [-0.4, -0.2) is 96.7 Å². The molecule has 3 unspecified atom stereocenters. The Bertz CT molecular complexity index is 1710. The number of hydrogen-bond acceptors (Lipinski definition) is 15. The van der Waals surface area contributed by atoms with Crippen LogP contribution < -0.4 is 0 Å². The molecule has 0 saturated carbocycles. The number of esters is 4. The first-order valence-corrected chi connectivity index (χ1v) is 39.2. The van der Waals surface area contributed by atoms with E-state index in [0.717, 1.165) is 95.8 Å². The highest BCUT2D eigenvalue weighted by Crippen LogP contribution is 2.45. The molecule has 0 rings (SSSR count). The first-order chi connectivity index (χ1) is 42.6. The number of rotatable bonds is 69. The van der Waals surface area contributed by atoms with Gasteiger partial charge in [-0.2, -0.15) is 0 Å². The van der Waals surface area contributed by atoms with Crippen molar-refractivity contribution in [2.24, 2.45) is 5.92 Å². The fraction of sp³-hybridized carbons (Fsp3) is 0.942. The van der Waals surface area contributed by atoms with Gasteiger partial charge in [0.1, 0.15) is 19.3 Å². The summed E-state index contributed by atoms with van der Waals surface area (Å²) >= 11 is 0. The second kappa shape index (κ2) is 62.5. The quantitative estimate of drug-likeness (QED) is 0.0222. The normalized spacial score (nSPS) is 14.4. The molecule has 19 heteroatoms. The summed E-state index contributed by atoms with van der Waals surface area (Å²) in [6, 6.07) is 0. The van der Waals surface area contributed by atoms with Gasteiger partial charge >= 0.3 is 39.5 Å². The fourth-order valence-corrected chi connectivity index (χ4v) is 12.0. The predicted octanol–water partition coefficient (Wildman–Crippen LogP) is 19.7. The van der Waals surface area contributed by atoms with E-state index in [1.807, 2.05) is 0 Å². The van der Waals surface area contributed by atoms with Crippen molar-refractivity contribution in [2.75, 3.05) is 39.6 Å². The van der Waals surface area contributed by atoms with Crippen LogP contribution in [0.1, 0.15) is 356 Å². The van der Waals surface area contributed by atoms with Gasteiger partial charge in [0.05, 0.1) is 26.4 Å². The molecule has 3 N–H and O–H groups in total. The van der Waals surface area contributed by atoms with Crippen LogP contribution in [0, 0.1) is 5.92 Å². The third-order valence-electron chi connectivity index (χ3n) is 16.4. The SMILES string of the molecule is CCCCCCCCCCCCCCCCC(=O)OC[C@H](COP(=O)(O)OC[C@@H](O)COP(=O)(O)OC[C@@H](COC(=O)CCCCCCCCCCC)OC(=O)CCCCCCCCCCCCC)OC(=O)CCCCCCCCCCCCC(C)CC.